The molecular weight excluding hydrogens is 341 g/mol. The van der Waals surface area contributed by atoms with Crippen molar-refractivity contribution < 1.29 is 9.18 Å². The highest BCUT2D eigenvalue weighted by Crippen LogP contribution is 2.25. The Balaban J connectivity index is 1.82. The molecule has 0 spiro atoms. The predicted molar refractivity (Wildman–Crippen MR) is 95.9 cm³/mol. The highest BCUT2D eigenvalue weighted by atomic mass is 32.1. The number of nitrogens with zero attached hydrogens (tertiary/aromatic N) is 2. The molecule has 0 bridgehead atoms. The van der Waals surface area contributed by atoms with Gasteiger partial charge in [-0.25, -0.2) is 13.8 Å². The molecule has 2 aromatic heterocycles. The first kappa shape index (κ1) is 15.5. The van der Waals surface area contributed by atoms with Crippen LogP contribution < -0.4 is 10.9 Å². The number of aryl methyl sites for hydroxylation is 1. The van der Waals surface area contributed by atoms with Crippen molar-refractivity contribution in [3.8, 4) is 0 Å². The van der Waals surface area contributed by atoms with Crippen molar-refractivity contribution in [3.63, 3.8) is 0 Å². The van der Waals surface area contributed by atoms with Gasteiger partial charge in [-0.3, -0.25) is 9.59 Å². The van der Waals surface area contributed by atoms with Gasteiger partial charge in [0.15, 0.2) is 4.96 Å². The number of nitrogens with one attached hydrogen (secondary N) is 1. The number of carbonyl (C=O) groups is 1. The SMILES string of the molecule is Cc1ccccc1C(=O)Nc1cnc2sc3cc(F)ccc3n2c1=O. The van der Waals surface area contributed by atoms with Crippen LogP contribution in [0.4, 0.5) is 10.1 Å². The summed E-state index contributed by atoms with van der Waals surface area (Å²) in [5.74, 6) is -0.747. The van der Waals surface area contributed by atoms with Crippen LogP contribution in [-0.2, 0) is 0 Å². The van der Waals surface area contributed by atoms with Gasteiger partial charge in [0.25, 0.3) is 11.5 Å². The Hall–Kier alpha value is -3.06. The quantitative estimate of drug-likeness (QED) is 0.599. The predicted octanol–water partition coefficient (Wildman–Crippen LogP) is 3.61. The van der Waals surface area contributed by atoms with Crippen molar-refractivity contribution in [2.45, 2.75) is 6.92 Å². The van der Waals surface area contributed by atoms with E-state index in [0.29, 0.717) is 20.7 Å². The molecule has 5 nitrogen and oxygen atoms in total. The monoisotopic (exact) mass is 353 g/mol. The van der Waals surface area contributed by atoms with Crippen LogP contribution in [0.1, 0.15) is 15.9 Å². The van der Waals surface area contributed by atoms with Gasteiger partial charge >= 0.3 is 0 Å². The summed E-state index contributed by atoms with van der Waals surface area (Å²) in [6, 6.07) is 11.3. The number of halogens is 1. The molecule has 25 heavy (non-hydrogen) atoms. The van der Waals surface area contributed by atoms with E-state index in [9.17, 15) is 14.0 Å². The number of fused-ring (bicyclic) bond motifs is 3. The fourth-order valence-electron chi connectivity index (χ4n) is 2.68. The number of amides is 1. The molecule has 124 valence electrons. The average Bonchev–Trinajstić information content (AvgIpc) is 2.95. The number of thiazole rings is 1. The normalized spacial score (nSPS) is 11.1. The second kappa shape index (κ2) is 5.78. The first-order valence-corrected chi connectivity index (χ1v) is 8.33. The summed E-state index contributed by atoms with van der Waals surface area (Å²) in [5, 5.41) is 2.62. The zero-order valence-electron chi connectivity index (χ0n) is 13.1. The minimum absolute atomic E-state index is 0.0785. The molecule has 0 fully saturated rings. The Morgan fingerprint density at radius 1 is 1.24 bits per heavy atom. The maximum absolute atomic E-state index is 13.4. The van der Waals surface area contributed by atoms with Crippen molar-refractivity contribution >= 4 is 38.1 Å². The van der Waals surface area contributed by atoms with Gasteiger partial charge in [-0.2, -0.15) is 0 Å². The summed E-state index contributed by atoms with van der Waals surface area (Å²) in [5.41, 5.74) is 1.54. The summed E-state index contributed by atoms with van der Waals surface area (Å²) >= 11 is 1.22. The van der Waals surface area contributed by atoms with Crippen molar-refractivity contribution in [2.75, 3.05) is 5.32 Å². The lowest BCUT2D eigenvalue weighted by molar-refractivity contribution is 0.102. The van der Waals surface area contributed by atoms with E-state index in [1.54, 1.807) is 12.1 Å². The molecule has 1 amide bonds. The van der Waals surface area contributed by atoms with Crippen LogP contribution in [-0.4, -0.2) is 15.3 Å². The van der Waals surface area contributed by atoms with Crippen LogP contribution in [0.15, 0.2) is 53.5 Å². The molecule has 2 aromatic carbocycles. The lowest BCUT2D eigenvalue weighted by Crippen LogP contribution is -2.23. The molecule has 7 heteroatoms. The molecule has 0 atom stereocenters. The van der Waals surface area contributed by atoms with E-state index >= 15 is 0 Å². The number of carbonyl (C=O) groups excluding carboxylic acids is 1. The maximum Gasteiger partial charge on any atom is 0.282 e. The van der Waals surface area contributed by atoms with Crippen LogP contribution in [0.5, 0.6) is 0 Å². The minimum atomic E-state index is -0.398. The Morgan fingerprint density at radius 2 is 2.04 bits per heavy atom. The van der Waals surface area contributed by atoms with Gasteiger partial charge in [0.05, 0.1) is 16.4 Å². The fraction of sp³-hybridized carbons (Fsp3) is 0.0556. The van der Waals surface area contributed by atoms with Crippen molar-refractivity contribution in [2.24, 2.45) is 0 Å². The number of benzene rings is 2. The lowest BCUT2D eigenvalue weighted by atomic mass is 10.1. The first-order valence-electron chi connectivity index (χ1n) is 7.51. The van der Waals surface area contributed by atoms with E-state index in [1.807, 2.05) is 19.1 Å². The molecule has 0 radical (unpaired) electrons. The number of hydrogen-bond acceptors (Lipinski definition) is 4. The van der Waals surface area contributed by atoms with E-state index in [4.69, 9.17) is 0 Å². The minimum Gasteiger partial charge on any atom is -0.316 e. The fourth-order valence-corrected chi connectivity index (χ4v) is 3.69. The highest BCUT2D eigenvalue weighted by molar-refractivity contribution is 7.23. The number of anilines is 1. The summed E-state index contributed by atoms with van der Waals surface area (Å²) in [6.07, 6.45) is 1.33. The molecule has 4 rings (SSSR count). The molecule has 0 aliphatic heterocycles. The molecule has 0 aliphatic rings. The van der Waals surface area contributed by atoms with Gasteiger partial charge in [-0.15, -0.1) is 0 Å². The van der Waals surface area contributed by atoms with E-state index in [2.05, 4.69) is 10.3 Å². The van der Waals surface area contributed by atoms with Gasteiger partial charge in [0.2, 0.25) is 0 Å². The average molecular weight is 353 g/mol. The van der Waals surface area contributed by atoms with Crippen LogP contribution in [0.25, 0.3) is 15.2 Å². The second-order valence-electron chi connectivity index (χ2n) is 5.58. The lowest BCUT2D eigenvalue weighted by Gasteiger charge is -2.07. The Bertz CT molecular complexity index is 1200. The number of hydrogen-bond donors (Lipinski definition) is 1. The van der Waals surface area contributed by atoms with E-state index < -0.39 is 5.56 Å². The summed E-state index contributed by atoms with van der Waals surface area (Å²) in [7, 11) is 0. The van der Waals surface area contributed by atoms with E-state index in [0.717, 1.165) is 5.56 Å². The second-order valence-corrected chi connectivity index (χ2v) is 6.59. The smallest absolute Gasteiger partial charge is 0.282 e. The van der Waals surface area contributed by atoms with Gasteiger partial charge < -0.3 is 5.32 Å². The molecule has 4 aromatic rings. The largest absolute Gasteiger partial charge is 0.316 e. The van der Waals surface area contributed by atoms with E-state index in [-0.39, 0.29) is 17.4 Å². The third-order valence-electron chi connectivity index (χ3n) is 3.93. The standard InChI is InChI=1S/C18H12FN3O2S/c1-10-4-2-3-5-12(10)16(23)21-13-9-20-18-22(17(13)24)14-7-6-11(19)8-15(14)25-18/h2-9H,1H3,(H,21,23). The topological polar surface area (TPSA) is 63.5 Å². The van der Waals surface area contributed by atoms with Gasteiger partial charge in [0.1, 0.15) is 11.5 Å². The summed E-state index contributed by atoms with van der Waals surface area (Å²) in [4.78, 5) is 29.9. The summed E-state index contributed by atoms with van der Waals surface area (Å²) < 4.78 is 15.4. The third-order valence-corrected chi connectivity index (χ3v) is 4.95. The van der Waals surface area contributed by atoms with Gasteiger partial charge in [-0.05, 0) is 36.8 Å². The maximum atomic E-state index is 13.4. The van der Waals surface area contributed by atoms with Crippen molar-refractivity contribution in [1.29, 1.82) is 0 Å². The van der Waals surface area contributed by atoms with Crippen LogP contribution in [0, 0.1) is 12.7 Å². The molecule has 0 aliphatic carbocycles. The van der Waals surface area contributed by atoms with Crippen LogP contribution in [0.2, 0.25) is 0 Å². The highest BCUT2D eigenvalue weighted by Gasteiger charge is 2.15. The van der Waals surface area contributed by atoms with Gasteiger partial charge in [0, 0.05) is 5.56 Å². The Kier molecular flexibility index (Phi) is 3.58. The number of aromatic nitrogens is 2. The van der Waals surface area contributed by atoms with Crippen molar-refractivity contribution in [1.82, 2.24) is 9.38 Å². The van der Waals surface area contributed by atoms with Crippen LogP contribution >= 0.6 is 11.3 Å². The zero-order chi connectivity index (χ0) is 17.6. The zero-order valence-corrected chi connectivity index (χ0v) is 13.9. The molecule has 0 unspecified atom stereocenters. The van der Waals surface area contributed by atoms with Crippen molar-refractivity contribution in [3.05, 3.63) is 76.0 Å². The van der Waals surface area contributed by atoms with Crippen LogP contribution in [0.3, 0.4) is 0 Å². The molecular formula is C18H12FN3O2S. The molecule has 2 heterocycles. The van der Waals surface area contributed by atoms with E-state index in [1.165, 1.54) is 40.1 Å². The Morgan fingerprint density at radius 3 is 2.84 bits per heavy atom. The Labute approximate surface area is 145 Å². The summed E-state index contributed by atoms with van der Waals surface area (Å²) in [6.45, 7) is 1.82. The van der Waals surface area contributed by atoms with Gasteiger partial charge in [-0.1, -0.05) is 29.5 Å². The molecule has 0 saturated heterocycles. The molecule has 1 N–H and O–H groups in total. The first-order chi connectivity index (χ1) is 12.0. The molecule has 0 saturated carbocycles. The third kappa shape index (κ3) is 2.58. The number of rotatable bonds is 2.